The Morgan fingerprint density at radius 2 is 1.94 bits per heavy atom. The minimum absolute atomic E-state index is 0.0824. The van der Waals surface area contributed by atoms with Crippen molar-refractivity contribution in [1.29, 1.82) is 0 Å². The smallest absolute Gasteiger partial charge is 0.316 e. The molecule has 0 saturated heterocycles. The van der Waals surface area contributed by atoms with Gasteiger partial charge >= 0.3 is 5.97 Å². The molecule has 0 aliphatic rings. The number of carbonyl (C=O) groups is 2. The van der Waals surface area contributed by atoms with Gasteiger partial charge in [-0.3, -0.25) is 9.59 Å². The second-order valence-electron chi connectivity index (χ2n) is 3.22. The van der Waals surface area contributed by atoms with Crippen LogP contribution in [-0.2, 0) is 4.79 Å². The molecule has 0 radical (unpaired) electrons. The topological polar surface area (TPSA) is 54.4 Å². The molecule has 1 aromatic rings. The number of aliphatic carboxylic acids is 1. The molecule has 3 nitrogen and oxygen atoms in total. The number of carboxylic acids is 1. The Morgan fingerprint density at radius 1 is 1.38 bits per heavy atom. The van der Waals surface area contributed by atoms with E-state index in [0.717, 1.165) is 11.8 Å². The van der Waals surface area contributed by atoms with Crippen LogP contribution in [0.5, 0.6) is 0 Å². The van der Waals surface area contributed by atoms with E-state index in [-0.39, 0.29) is 11.5 Å². The van der Waals surface area contributed by atoms with Gasteiger partial charge in [0.15, 0.2) is 5.78 Å². The number of hydrogen-bond acceptors (Lipinski definition) is 3. The molecule has 5 heteroatoms. The first kappa shape index (κ1) is 12.7. The van der Waals surface area contributed by atoms with Crippen molar-refractivity contribution in [2.75, 3.05) is 5.75 Å². The third-order valence-electron chi connectivity index (χ3n) is 1.98. The Labute approximate surface area is 96.7 Å². The summed E-state index contributed by atoms with van der Waals surface area (Å²) in [7, 11) is 0. The lowest BCUT2D eigenvalue weighted by atomic mass is 10.1. The highest BCUT2D eigenvalue weighted by molar-refractivity contribution is 8.01. The SMILES string of the molecule is CC(SCC(=O)c1ccc(F)cc1)C(=O)O. The highest BCUT2D eigenvalue weighted by Crippen LogP contribution is 2.13. The fourth-order valence-corrected chi connectivity index (χ4v) is 1.70. The lowest BCUT2D eigenvalue weighted by Crippen LogP contribution is -2.14. The number of Topliss-reactive ketones (excluding diaryl/α,β-unsaturated/α-hetero) is 1. The molecule has 0 bridgehead atoms. The summed E-state index contributed by atoms with van der Waals surface area (Å²) in [6, 6.07) is 5.20. The van der Waals surface area contributed by atoms with E-state index in [2.05, 4.69) is 0 Å². The highest BCUT2D eigenvalue weighted by atomic mass is 32.2. The number of benzene rings is 1. The van der Waals surface area contributed by atoms with Gasteiger partial charge in [0.05, 0.1) is 11.0 Å². The van der Waals surface area contributed by atoms with E-state index in [0.29, 0.717) is 5.56 Å². The van der Waals surface area contributed by atoms with Gasteiger partial charge in [-0.25, -0.2) is 4.39 Å². The molecule has 0 fully saturated rings. The van der Waals surface area contributed by atoms with Crippen LogP contribution in [0.3, 0.4) is 0 Å². The summed E-state index contributed by atoms with van der Waals surface area (Å²) in [5, 5.41) is 8.00. The Balaban J connectivity index is 2.53. The third-order valence-corrected chi connectivity index (χ3v) is 3.11. The van der Waals surface area contributed by atoms with Crippen LogP contribution in [-0.4, -0.2) is 27.9 Å². The molecular formula is C11H11FO3S. The van der Waals surface area contributed by atoms with Crippen LogP contribution < -0.4 is 0 Å². The fraction of sp³-hybridized carbons (Fsp3) is 0.273. The number of rotatable bonds is 5. The van der Waals surface area contributed by atoms with E-state index in [4.69, 9.17) is 5.11 Å². The van der Waals surface area contributed by atoms with E-state index in [9.17, 15) is 14.0 Å². The van der Waals surface area contributed by atoms with Gasteiger partial charge in [0.1, 0.15) is 5.82 Å². The molecule has 0 spiro atoms. The Morgan fingerprint density at radius 3 is 2.44 bits per heavy atom. The van der Waals surface area contributed by atoms with Gasteiger partial charge in [-0.15, -0.1) is 11.8 Å². The van der Waals surface area contributed by atoms with Crippen molar-refractivity contribution >= 4 is 23.5 Å². The number of thioether (sulfide) groups is 1. The van der Waals surface area contributed by atoms with Crippen molar-refractivity contribution in [2.24, 2.45) is 0 Å². The number of carbonyl (C=O) groups excluding carboxylic acids is 1. The Hall–Kier alpha value is -1.36. The molecule has 0 heterocycles. The molecule has 1 aromatic carbocycles. The molecule has 0 amide bonds. The molecule has 1 unspecified atom stereocenters. The molecule has 0 aromatic heterocycles. The summed E-state index contributed by atoms with van der Waals surface area (Å²) in [5.74, 6) is -1.46. The van der Waals surface area contributed by atoms with Crippen molar-refractivity contribution in [3.8, 4) is 0 Å². The quantitative estimate of drug-likeness (QED) is 0.804. The van der Waals surface area contributed by atoms with E-state index in [1.807, 2.05) is 0 Å². The maximum absolute atomic E-state index is 12.6. The second-order valence-corrected chi connectivity index (χ2v) is 4.55. The van der Waals surface area contributed by atoms with Crippen molar-refractivity contribution in [3.63, 3.8) is 0 Å². The normalized spacial score (nSPS) is 12.1. The Bertz CT molecular complexity index is 389. The van der Waals surface area contributed by atoms with E-state index >= 15 is 0 Å². The first-order chi connectivity index (χ1) is 7.50. The monoisotopic (exact) mass is 242 g/mol. The number of carboxylic acid groups (broad SMARTS) is 1. The zero-order chi connectivity index (χ0) is 12.1. The minimum atomic E-state index is -0.947. The molecule has 0 aliphatic carbocycles. The van der Waals surface area contributed by atoms with Crippen LogP contribution in [0.4, 0.5) is 4.39 Å². The summed E-state index contributed by atoms with van der Waals surface area (Å²) in [5.41, 5.74) is 0.395. The minimum Gasteiger partial charge on any atom is -0.480 e. The molecular weight excluding hydrogens is 231 g/mol. The first-order valence-corrected chi connectivity index (χ1v) is 5.68. The number of halogens is 1. The van der Waals surface area contributed by atoms with Gasteiger partial charge in [-0.2, -0.15) is 0 Å². The number of hydrogen-bond donors (Lipinski definition) is 1. The summed E-state index contributed by atoms with van der Waals surface area (Å²) >= 11 is 1.05. The van der Waals surface area contributed by atoms with Gasteiger partial charge < -0.3 is 5.11 Å². The van der Waals surface area contributed by atoms with E-state index < -0.39 is 17.0 Å². The molecule has 1 rings (SSSR count). The van der Waals surface area contributed by atoms with Crippen LogP contribution in [0.2, 0.25) is 0 Å². The van der Waals surface area contributed by atoms with Crippen molar-refractivity contribution in [2.45, 2.75) is 12.2 Å². The second kappa shape index (κ2) is 5.65. The van der Waals surface area contributed by atoms with Gasteiger partial charge in [-0.05, 0) is 31.2 Å². The summed E-state index contributed by atoms with van der Waals surface area (Å²) in [4.78, 5) is 22.1. The van der Waals surface area contributed by atoms with Crippen molar-refractivity contribution in [3.05, 3.63) is 35.6 Å². The Kier molecular flexibility index (Phi) is 4.49. The molecule has 1 atom stereocenters. The van der Waals surface area contributed by atoms with Gasteiger partial charge in [-0.1, -0.05) is 0 Å². The van der Waals surface area contributed by atoms with Crippen LogP contribution in [0.25, 0.3) is 0 Å². The van der Waals surface area contributed by atoms with Crippen LogP contribution in [0.15, 0.2) is 24.3 Å². The predicted molar refractivity (Wildman–Crippen MR) is 60.3 cm³/mol. The van der Waals surface area contributed by atoms with Crippen LogP contribution >= 0.6 is 11.8 Å². The zero-order valence-electron chi connectivity index (χ0n) is 8.64. The molecule has 86 valence electrons. The van der Waals surface area contributed by atoms with E-state index in [1.165, 1.54) is 31.2 Å². The third kappa shape index (κ3) is 3.66. The zero-order valence-corrected chi connectivity index (χ0v) is 9.46. The standard InChI is InChI=1S/C11H11FO3S/c1-7(11(14)15)16-6-10(13)8-2-4-9(12)5-3-8/h2-5,7H,6H2,1H3,(H,14,15). The van der Waals surface area contributed by atoms with Gasteiger partial charge in [0, 0.05) is 5.56 Å². The summed E-state index contributed by atoms with van der Waals surface area (Å²) < 4.78 is 12.6. The maximum atomic E-state index is 12.6. The summed E-state index contributed by atoms with van der Waals surface area (Å²) in [6.07, 6.45) is 0. The summed E-state index contributed by atoms with van der Waals surface area (Å²) in [6.45, 7) is 1.52. The molecule has 1 N–H and O–H groups in total. The predicted octanol–water partition coefficient (Wildman–Crippen LogP) is 2.21. The largest absolute Gasteiger partial charge is 0.480 e. The molecule has 16 heavy (non-hydrogen) atoms. The number of ketones is 1. The first-order valence-electron chi connectivity index (χ1n) is 4.64. The lowest BCUT2D eigenvalue weighted by Gasteiger charge is -2.05. The average Bonchev–Trinajstić information content (AvgIpc) is 2.26. The average molecular weight is 242 g/mol. The molecule has 0 saturated carbocycles. The van der Waals surface area contributed by atoms with Crippen LogP contribution in [0, 0.1) is 5.82 Å². The van der Waals surface area contributed by atoms with Crippen molar-refractivity contribution in [1.82, 2.24) is 0 Å². The van der Waals surface area contributed by atoms with Crippen LogP contribution in [0.1, 0.15) is 17.3 Å². The van der Waals surface area contributed by atoms with Crippen molar-refractivity contribution < 1.29 is 19.1 Å². The lowest BCUT2D eigenvalue weighted by molar-refractivity contribution is -0.136. The van der Waals surface area contributed by atoms with Gasteiger partial charge in [0.25, 0.3) is 0 Å². The maximum Gasteiger partial charge on any atom is 0.316 e. The molecule has 0 aliphatic heterocycles. The fourth-order valence-electron chi connectivity index (χ4n) is 0.991. The van der Waals surface area contributed by atoms with E-state index in [1.54, 1.807) is 0 Å². The highest BCUT2D eigenvalue weighted by Gasteiger charge is 2.14. The van der Waals surface area contributed by atoms with Gasteiger partial charge in [0.2, 0.25) is 0 Å².